The lowest BCUT2D eigenvalue weighted by Gasteiger charge is -2.26. The van der Waals surface area contributed by atoms with Crippen LogP contribution in [0.1, 0.15) is 19.3 Å². The Hall–Kier alpha value is -2.82. The predicted molar refractivity (Wildman–Crippen MR) is 92.0 cm³/mol. The average molecular weight is 324 g/mol. The molecule has 0 saturated carbocycles. The van der Waals surface area contributed by atoms with Crippen molar-refractivity contribution in [3.63, 3.8) is 0 Å². The molecule has 1 N–H and O–H groups in total. The third kappa shape index (κ3) is 4.13. The SMILES string of the molecule is O=C(CN1CCCCC1=O)Nc1ccccc1Oc1ccccc1. The van der Waals surface area contributed by atoms with E-state index in [1.807, 2.05) is 42.5 Å². The summed E-state index contributed by atoms with van der Waals surface area (Å²) in [5.41, 5.74) is 0.593. The number of benzene rings is 2. The van der Waals surface area contributed by atoms with E-state index in [-0.39, 0.29) is 18.4 Å². The first-order valence-corrected chi connectivity index (χ1v) is 8.12. The molecule has 2 aromatic carbocycles. The highest BCUT2D eigenvalue weighted by Crippen LogP contribution is 2.29. The van der Waals surface area contributed by atoms with Gasteiger partial charge in [0, 0.05) is 13.0 Å². The van der Waals surface area contributed by atoms with Crippen molar-refractivity contribution in [3.05, 3.63) is 54.6 Å². The van der Waals surface area contributed by atoms with Crippen LogP contribution in [0.15, 0.2) is 54.6 Å². The third-order valence-electron chi connectivity index (χ3n) is 3.89. The quantitative estimate of drug-likeness (QED) is 0.916. The molecule has 1 saturated heterocycles. The lowest BCUT2D eigenvalue weighted by atomic mass is 10.1. The maximum absolute atomic E-state index is 12.3. The first-order chi connectivity index (χ1) is 11.7. The molecule has 2 amide bonds. The maximum atomic E-state index is 12.3. The summed E-state index contributed by atoms with van der Waals surface area (Å²) >= 11 is 0. The van der Waals surface area contributed by atoms with E-state index >= 15 is 0 Å². The average Bonchev–Trinajstić information content (AvgIpc) is 2.60. The molecule has 5 nitrogen and oxygen atoms in total. The molecular weight excluding hydrogens is 304 g/mol. The molecule has 0 spiro atoms. The molecule has 3 rings (SSSR count). The number of carbonyl (C=O) groups excluding carboxylic acids is 2. The van der Waals surface area contributed by atoms with E-state index in [2.05, 4.69) is 5.32 Å². The number of hydrogen-bond acceptors (Lipinski definition) is 3. The first kappa shape index (κ1) is 16.1. The molecule has 1 aliphatic rings. The summed E-state index contributed by atoms with van der Waals surface area (Å²) in [7, 11) is 0. The van der Waals surface area contributed by atoms with Gasteiger partial charge in [-0.05, 0) is 37.1 Å². The van der Waals surface area contributed by atoms with Gasteiger partial charge in [-0.25, -0.2) is 0 Å². The summed E-state index contributed by atoms with van der Waals surface area (Å²) < 4.78 is 5.83. The molecule has 2 aromatic rings. The van der Waals surface area contributed by atoms with E-state index in [1.165, 1.54) is 0 Å². The van der Waals surface area contributed by atoms with Crippen molar-refractivity contribution in [1.29, 1.82) is 0 Å². The summed E-state index contributed by atoms with van der Waals surface area (Å²) in [6.07, 6.45) is 2.39. The fraction of sp³-hybridized carbons (Fsp3) is 0.263. The number of ether oxygens (including phenoxy) is 1. The van der Waals surface area contributed by atoms with Gasteiger partial charge in [-0.15, -0.1) is 0 Å². The molecule has 124 valence electrons. The zero-order chi connectivity index (χ0) is 16.8. The number of anilines is 1. The topological polar surface area (TPSA) is 58.6 Å². The van der Waals surface area contributed by atoms with Crippen LogP contribution in [0.4, 0.5) is 5.69 Å². The fourth-order valence-electron chi connectivity index (χ4n) is 2.67. The lowest BCUT2D eigenvalue weighted by Crippen LogP contribution is -2.40. The van der Waals surface area contributed by atoms with Crippen LogP contribution in [0, 0.1) is 0 Å². The molecule has 0 unspecified atom stereocenters. The zero-order valence-corrected chi connectivity index (χ0v) is 13.4. The van der Waals surface area contributed by atoms with Crippen molar-refractivity contribution in [2.24, 2.45) is 0 Å². The van der Waals surface area contributed by atoms with Gasteiger partial charge in [-0.1, -0.05) is 30.3 Å². The molecule has 1 fully saturated rings. The summed E-state index contributed by atoms with van der Waals surface area (Å²) in [6.45, 7) is 0.729. The summed E-state index contributed by atoms with van der Waals surface area (Å²) in [6, 6.07) is 16.7. The van der Waals surface area contributed by atoms with Crippen LogP contribution in [0.3, 0.4) is 0 Å². The molecular formula is C19H20N2O3. The summed E-state index contributed by atoms with van der Waals surface area (Å²) in [5, 5.41) is 2.84. The van der Waals surface area contributed by atoms with E-state index in [0.29, 0.717) is 30.2 Å². The summed E-state index contributed by atoms with van der Waals surface area (Å²) in [5.74, 6) is 1.10. The van der Waals surface area contributed by atoms with Crippen molar-refractivity contribution in [2.45, 2.75) is 19.3 Å². The Bertz CT molecular complexity index is 716. The Kier molecular flexibility index (Phi) is 5.11. The number of nitrogens with zero attached hydrogens (tertiary/aromatic N) is 1. The molecule has 0 atom stereocenters. The minimum Gasteiger partial charge on any atom is -0.455 e. The third-order valence-corrected chi connectivity index (χ3v) is 3.89. The normalized spacial score (nSPS) is 14.3. The van der Waals surface area contributed by atoms with Gasteiger partial charge in [-0.2, -0.15) is 0 Å². The van der Waals surface area contributed by atoms with Gasteiger partial charge >= 0.3 is 0 Å². The molecule has 1 heterocycles. The second-order valence-corrected chi connectivity index (χ2v) is 5.73. The fourth-order valence-corrected chi connectivity index (χ4v) is 2.67. The number of rotatable bonds is 5. The Morgan fingerprint density at radius 3 is 2.58 bits per heavy atom. The smallest absolute Gasteiger partial charge is 0.244 e. The van der Waals surface area contributed by atoms with Gasteiger partial charge in [0.1, 0.15) is 5.75 Å². The van der Waals surface area contributed by atoms with Gasteiger partial charge < -0.3 is 15.0 Å². The van der Waals surface area contributed by atoms with E-state index in [4.69, 9.17) is 4.74 Å². The van der Waals surface area contributed by atoms with Gasteiger partial charge in [0.15, 0.2) is 5.75 Å². The van der Waals surface area contributed by atoms with Crippen LogP contribution in [0.5, 0.6) is 11.5 Å². The highest BCUT2D eigenvalue weighted by Gasteiger charge is 2.20. The van der Waals surface area contributed by atoms with Crippen molar-refractivity contribution >= 4 is 17.5 Å². The maximum Gasteiger partial charge on any atom is 0.244 e. The minimum atomic E-state index is -0.214. The molecule has 0 aliphatic carbocycles. The second-order valence-electron chi connectivity index (χ2n) is 5.73. The molecule has 0 bridgehead atoms. The van der Waals surface area contributed by atoms with Crippen molar-refractivity contribution < 1.29 is 14.3 Å². The number of para-hydroxylation sites is 3. The van der Waals surface area contributed by atoms with Crippen molar-refractivity contribution in [1.82, 2.24) is 4.90 Å². The van der Waals surface area contributed by atoms with Crippen LogP contribution in [-0.4, -0.2) is 29.8 Å². The van der Waals surface area contributed by atoms with E-state index in [1.54, 1.807) is 17.0 Å². The van der Waals surface area contributed by atoms with Gasteiger partial charge in [-0.3, -0.25) is 9.59 Å². The minimum absolute atomic E-state index is 0.0465. The first-order valence-electron chi connectivity index (χ1n) is 8.12. The monoisotopic (exact) mass is 324 g/mol. The molecule has 5 heteroatoms. The van der Waals surface area contributed by atoms with Crippen molar-refractivity contribution in [3.8, 4) is 11.5 Å². The van der Waals surface area contributed by atoms with Gasteiger partial charge in [0.05, 0.1) is 12.2 Å². The lowest BCUT2D eigenvalue weighted by molar-refractivity contribution is -0.136. The Morgan fingerprint density at radius 2 is 1.79 bits per heavy atom. The number of amides is 2. The Labute approximate surface area is 141 Å². The van der Waals surface area contributed by atoms with Crippen molar-refractivity contribution in [2.75, 3.05) is 18.4 Å². The number of hydrogen-bond donors (Lipinski definition) is 1. The van der Waals surface area contributed by atoms with Crippen LogP contribution in [0.2, 0.25) is 0 Å². The van der Waals surface area contributed by atoms with Crippen LogP contribution < -0.4 is 10.1 Å². The van der Waals surface area contributed by atoms with E-state index in [9.17, 15) is 9.59 Å². The van der Waals surface area contributed by atoms with Gasteiger partial charge in [0.2, 0.25) is 11.8 Å². The molecule has 1 aliphatic heterocycles. The van der Waals surface area contributed by atoms with Crippen LogP contribution in [0.25, 0.3) is 0 Å². The summed E-state index contributed by atoms with van der Waals surface area (Å²) in [4.78, 5) is 25.7. The van der Waals surface area contributed by atoms with Gasteiger partial charge in [0.25, 0.3) is 0 Å². The number of carbonyl (C=O) groups is 2. The largest absolute Gasteiger partial charge is 0.455 e. The molecule has 0 aromatic heterocycles. The van der Waals surface area contributed by atoms with Crippen LogP contribution >= 0.6 is 0 Å². The standard InChI is InChI=1S/C19H20N2O3/c22-18(14-21-13-7-6-12-19(21)23)20-16-10-4-5-11-17(16)24-15-8-2-1-3-9-15/h1-5,8-11H,6-7,12-14H2,(H,20,22). The predicted octanol–water partition coefficient (Wildman–Crippen LogP) is 3.43. The molecule has 0 radical (unpaired) electrons. The second kappa shape index (κ2) is 7.64. The number of nitrogens with one attached hydrogen (secondary N) is 1. The van der Waals surface area contributed by atoms with E-state index in [0.717, 1.165) is 12.8 Å². The zero-order valence-electron chi connectivity index (χ0n) is 13.4. The number of likely N-dealkylation sites (tertiary alicyclic amines) is 1. The highest BCUT2D eigenvalue weighted by molar-refractivity contribution is 5.95. The molecule has 24 heavy (non-hydrogen) atoms. The number of piperidine rings is 1. The highest BCUT2D eigenvalue weighted by atomic mass is 16.5. The van der Waals surface area contributed by atoms with E-state index < -0.39 is 0 Å². The Morgan fingerprint density at radius 1 is 1.04 bits per heavy atom. The Balaban J connectivity index is 1.66. The van der Waals surface area contributed by atoms with Crippen LogP contribution in [-0.2, 0) is 9.59 Å².